The summed E-state index contributed by atoms with van der Waals surface area (Å²) in [5, 5.41) is 9.02. The minimum Gasteiger partial charge on any atom is -0.444 e. The highest BCUT2D eigenvalue weighted by Crippen LogP contribution is 2.27. The number of anilines is 1. The van der Waals surface area contributed by atoms with E-state index in [4.69, 9.17) is 4.74 Å². The lowest BCUT2D eigenvalue weighted by Gasteiger charge is -2.29. The number of nitrogens with zero attached hydrogens (tertiary/aromatic N) is 2. The SMILES string of the molecule is CN=C(NCC(=O)N1CCc2ccccc21)NCC(C)(C)NC(=O)OC(C)(C)C.I. The van der Waals surface area contributed by atoms with Crippen LogP contribution in [-0.4, -0.2) is 55.8 Å². The van der Waals surface area contributed by atoms with Crippen LogP contribution in [0.15, 0.2) is 29.3 Å². The molecule has 9 heteroatoms. The van der Waals surface area contributed by atoms with Gasteiger partial charge in [0.25, 0.3) is 0 Å². The van der Waals surface area contributed by atoms with E-state index in [1.165, 1.54) is 5.56 Å². The number of hydrogen-bond acceptors (Lipinski definition) is 4. The van der Waals surface area contributed by atoms with Crippen LogP contribution in [0, 0.1) is 0 Å². The van der Waals surface area contributed by atoms with Crippen LogP contribution in [0.1, 0.15) is 40.2 Å². The molecule has 0 atom stereocenters. The molecule has 0 saturated carbocycles. The monoisotopic (exact) mass is 531 g/mol. The molecule has 1 heterocycles. The molecule has 0 aromatic heterocycles. The van der Waals surface area contributed by atoms with Crippen LogP contribution in [0.3, 0.4) is 0 Å². The number of alkyl carbamates (subject to hydrolysis) is 1. The van der Waals surface area contributed by atoms with Crippen LogP contribution in [0.25, 0.3) is 0 Å². The smallest absolute Gasteiger partial charge is 0.408 e. The Hall–Kier alpha value is -2.04. The number of ether oxygens (including phenoxy) is 1. The van der Waals surface area contributed by atoms with Crippen molar-refractivity contribution in [1.29, 1.82) is 0 Å². The molecule has 3 N–H and O–H groups in total. The van der Waals surface area contributed by atoms with Crippen LogP contribution in [0.4, 0.5) is 10.5 Å². The summed E-state index contributed by atoms with van der Waals surface area (Å²) in [4.78, 5) is 30.6. The van der Waals surface area contributed by atoms with E-state index in [1.54, 1.807) is 11.9 Å². The number of nitrogens with one attached hydrogen (secondary N) is 3. The summed E-state index contributed by atoms with van der Waals surface area (Å²) in [6.07, 6.45) is 0.398. The van der Waals surface area contributed by atoms with Crippen LogP contribution < -0.4 is 20.9 Å². The van der Waals surface area contributed by atoms with Crippen molar-refractivity contribution < 1.29 is 14.3 Å². The minimum absolute atomic E-state index is 0. The van der Waals surface area contributed by atoms with E-state index >= 15 is 0 Å². The van der Waals surface area contributed by atoms with Crippen molar-refractivity contribution in [1.82, 2.24) is 16.0 Å². The number of benzene rings is 1. The van der Waals surface area contributed by atoms with E-state index in [9.17, 15) is 9.59 Å². The lowest BCUT2D eigenvalue weighted by atomic mass is 10.1. The predicted molar refractivity (Wildman–Crippen MR) is 131 cm³/mol. The summed E-state index contributed by atoms with van der Waals surface area (Å²) in [6, 6.07) is 7.95. The van der Waals surface area contributed by atoms with Crippen molar-refractivity contribution in [2.45, 2.75) is 52.2 Å². The molecule has 2 amide bonds. The van der Waals surface area contributed by atoms with Gasteiger partial charge in [0.2, 0.25) is 5.91 Å². The Morgan fingerprint density at radius 2 is 1.80 bits per heavy atom. The Kier molecular flexibility index (Phi) is 9.38. The zero-order chi connectivity index (χ0) is 21.7. The number of carbonyl (C=O) groups is 2. The molecule has 0 aliphatic carbocycles. The Bertz CT molecular complexity index is 774. The van der Waals surface area contributed by atoms with E-state index in [0.717, 1.165) is 12.1 Å². The molecule has 1 aliphatic heterocycles. The number of fused-ring (bicyclic) bond motifs is 1. The molecule has 1 aliphatic rings. The number of guanidine groups is 1. The molecule has 0 unspecified atom stereocenters. The molecular formula is C21H34IN5O3. The number of carbonyl (C=O) groups excluding carboxylic acids is 2. The first kappa shape index (κ1) is 26.0. The maximum Gasteiger partial charge on any atom is 0.408 e. The van der Waals surface area contributed by atoms with Gasteiger partial charge in [-0.2, -0.15) is 0 Å². The minimum atomic E-state index is -0.572. The quantitative estimate of drug-likeness (QED) is 0.309. The Morgan fingerprint density at radius 3 is 2.43 bits per heavy atom. The number of para-hydroxylation sites is 1. The summed E-state index contributed by atoms with van der Waals surface area (Å²) in [5.41, 5.74) is 1.04. The largest absolute Gasteiger partial charge is 0.444 e. The van der Waals surface area contributed by atoms with E-state index in [-0.39, 0.29) is 36.4 Å². The van der Waals surface area contributed by atoms with Crippen molar-refractivity contribution in [2.75, 3.05) is 31.6 Å². The zero-order valence-electron chi connectivity index (χ0n) is 18.7. The molecule has 0 fully saturated rings. The van der Waals surface area contributed by atoms with Crippen molar-refractivity contribution in [2.24, 2.45) is 4.99 Å². The van der Waals surface area contributed by atoms with Crippen molar-refractivity contribution in [3.8, 4) is 0 Å². The van der Waals surface area contributed by atoms with E-state index in [1.807, 2.05) is 52.8 Å². The topological polar surface area (TPSA) is 95.1 Å². The fourth-order valence-electron chi connectivity index (χ4n) is 3.00. The van der Waals surface area contributed by atoms with Crippen LogP contribution >= 0.6 is 24.0 Å². The maximum absolute atomic E-state index is 12.6. The van der Waals surface area contributed by atoms with Gasteiger partial charge in [-0.3, -0.25) is 9.79 Å². The van der Waals surface area contributed by atoms with Gasteiger partial charge in [0, 0.05) is 25.8 Å². The molecule has 1 aromatic rings. The van der Waals surface area contributed by atoms with Gasteiger partial charge >= 0.3 is 6.09 Å². The van der Waals surface area contributed by atoms with Crippen molar-refractivity contribution >= 4 is 47.6 Å². The molecule has 2 rings (SSSR count). The summed E-state index contributed by atoms with van der Waals surface area (Å²) in [5.74, 6) is 0.480. The van der Waals surface area contributed by atoms with Gasteiger partial charge in [-0.1, -0.05) is 18.2 Å². The van der Waals surface area contributed by atoms with E-state index in [0.29, 0.717) is 19.0 Å². The number of halogens is 1. The summed E-state index contributed by atoms with van der Waals surface area (Å²) in [7, 11) is 1.64. The normalized spacial score (nSPS) is 13.8. The van der Waals surface area contributed by atoms with Gasteiger partial charge in [-0.25, -0.2) is 4.79 Å². The fourth-order valence-corrected chi connectivity index (χ4v) is 3.00. The second kappa shape index (κ2) is 10.8. The van der Waals surface area contributed by atoms with Gasteiger partial charge < -0.3 is 25.6 Å². The van der Waals surface area contributed by atoms with Crippen LogP contribution in [0.2, 0.25) is 0 Å². The lowest BCUT2D eigenvalue weighted by Crippen LogP contribution is -2.54. The second-order valence-electron chi connectivity index (χ2n) is 8.71. The average molecular weight is 531 g/mol. The van der Waals surface area contributed by atoms with Gasteiger partial charge in [-0.15, -0.1) is 24.0 Å². The van der Waals surface area contributed by atoms with Gasteiger partial charge in [0.1, 0.15) is 5.60 Å². The van der Waals surface area contributed by atoms with Crippen LogP contribution in [-0.2, 0) is 16.0 Å². The Balaban J connectivity index is 0.00000450. The highest BCUT2D eigenvalue weighted by molar-refractivity contribution is 14.0. The molecule has 168 valence electrons. The van der Waals surface area contributed by atoms with Gasteiger partial charge in [0.05, 0.1) is 12.1 Å². The lowest BCUT2D eigenvalue weighted by molar-refractivity contribution is -0.117. The molecule has 1 aromatic carbocycles. The molecule has 0 bridgehead atoms. The predicted octanol–water partition coefficient (Wildman–Crippen LogP) is 2.66. The van der Waals surface area contributed by atoms with E-state index in [2.05, 4.69) is 27.0 Å². The summed E-state index contributed by atoms with van der Waals surface area (Å²) >= 11 is 0. The highest BCUT2D eigenvalue weighted by atomic mass is 127. The zero-order valence-corrected chi connectivity index (χ0v) is 21.0. The molecule has 0 spiro atoms. The summed E-state index contributed by atoms with van der Waals surface area (Å²) in [6.45, 7) is 10.4. The van der Waals surface area contributed by atoms with E-state index < -0.39 is 17.2 Å². The first-order valence-corrected chi connectivity index (χ1v) is 9.85. The van der Waals surface area contributed by atoms with Gasteiger partial charge in [0.15, 0.2) is 5.96 Å². The Labute approximate surface area is 196 Å². The number of amides is 2. The first-order chi connectivity index (χ1) is 13.5. The maximum atomic E-state index is 12.6. The number of rotatable bonds is 5. The second-order valence-corrected chi connectivity index (χ2v) is 8.71. The standard InChI is InChI=1S/C21H33N5O3.HI/c1-20(2,3)29-19(28)25-21(4,5)14-24-18(22-6)23-13-17(27)26-12-11-15-9-7-8-10-16(15)26;/h7-10H,11-14H2,1-6H3,(H,25,28)(H2,22,23,24);1H. The molecular weight excluding hydrogens is 497 g/mol. The molecule has 8 nitrogen and oxygen atoms in total. The van der Waals surface area contributed by atoms with Crippen molar-refractivity contribution in [3.63, 3.8) is 0 Å². The van der Waals surface area contributed by atoms with Crippen LogP contribution in [0.5, 0.6) is 0 Å². The molecule has 30 heavy (non-hydrogen) atoms. The first-order valence-electron chi connectivity index (χ1n) is 9.85. The fraction of sp³-hybridized carbons (Fsp3) is 0.571. The third kappa shape index (κ3) is 8.00. The molecule has 0 radical (unpaired) electrons. The molecule has 0 saturated heterocycles. The third-order valence-electron chi connectivity index (χ3n) is 4.36. The van der Waals surface area contributed by atoms with Gasteiger partial charge in [-0.05, 0) is 52.7 Å². The average Bonchev–Trinajstić information content (AvgIpc) is 3.03. The third-order valence-corrected chi connectivity index (χ3v) is 4.36. The Morgan fingerprint density at radius 1 is 1.13 bits per heavy atom. The summed E-state index contributed by atoms with van der Waals surface area (Å²) < 4.78 is 5.30. The number of hydrogen-bond donors (Lipinski definition) is 3. The number of aliphatic imine (C=N–C) groups is 1. The van der Waals surface area contributed by atoms with Crippen molar-refractivity contribution in [3.05, 3.63) is 29.8 Å². The highest BCUT2D eigenvalue weighted by Gasteiger charge is 2.26.